The minimum Gasteiger partial charge on any atom is -0.489 e. The molecule has 0 radical (unpaired) electrons. The molecule has 0 aliphatic rings. The third-order valence-corrected chi connectivity index (χ3v) is 5.96. The van der Waals surface area contributed by atoms with Crippen LogP contribution in [0.25, 0.3) is 22.3 Å². The molecule has 35 heavy (non-hydrogen) atoms. The maximum Gasteiger partial charge on any atom is 0.333 e. The molecule has 0 saturated carbocycles. The van der Waals surface area contributed by atoms with Crippen molar-refractivity contribution >= 4 is 5.97 Å². The smallest absolute Gasteiger partial charge is 0.333 e. The van der Waals surface area contributed by atoms with Crippen molar-refractivity contribution in [2.24, 2.45) is 5.92 Å². The molecular weight excluding hydrogens is 440 g/mol. The zero-order valence-electron chi connectivity index (χ0n) is 20.5. The molecule has 0 aliphatic heterocycles. The molecular formula is C30H34O5. The Kier molecular flexibility index (Phi) is 9.65. The van der Waals surface area contributed by atoms with Gasteiger partial charge < -0.3 is 19.7 Å². The Morgan fingerprint density at radius 3 is 2.20 bits per heavy atom. The first-order valence-corrected chi connectivity index (χ1v) is 11.9. The van der Waals surface area contributed by atoms with Gasteiger partial charge in [0, 0.05) is 30.3 Å². The molecule has 0 heterocycles. The highest BCUT2D eigenvalue weighted by atomic mass is 16.6. The fourth-order valence-corrected chi connectivity index (χ4v) is 3.89. The summed E-state index contributed by atoms with van der Waals surface area (Å²) in [5, 5.41) is 18.6. The van der Waals surface area contributed by atoms with Crippen molar-refractivity contribution in [2.75, 3.05) is 26.4 Å². The largest absolute Gasteiger partial charge is 0.489 e. The lowest BCUT2D eigenvalue weighted by atomic mass is 9.94. The maximum atomic E-state index is 11.5. The number of aryl methyl sites for hydroxylation is 2. The van der Waals surface area contributed by atoms with Crippen LogP contribution in [0.5, 0.6) is 5.75 Å². The average molecular weight is 475 g/mol. The molecule has 0 bridgehead atoms. The van der Waals surface area contributed by atoms with Crippen molar-refractivity contribution in [3.05, 3.63) is 90.0 Å². The van der Waals surface area contributed by atoms with E-state index in [1.54, 1.807) is 6.92 Å². The van der Waals surface area contributed by atoms with Crippen molar-refractivity contribution in [3.63, 3.8) is 0 Å². The van der Waals surface area contributed by atoms with E-state index in [1.165, 1.54) is 16.7 Å². The lowest BCUT2D eigenvalue weighted by Crippen LogP contribution is -2.12. The van der Waals surface area contributed by atoms with Crippen LogP contribution in [0.15, 0.2) is 78.9 Å². The van der Waals surface area contributed by atoms with E-state index in [-0.39, 0.29) is 32.3 Å². The lowest BCUT2D eigenvalue weighted by Gasteiger charge is -2.14. The molecule has 0 spiro atoms. The van der Waals surface area contributed by atoms with Gasteiger partial charge in [-0.05, 0) is 60.6 Å². The number of aliphatic hydroxyl groups is 2. The Morgan fingerprint density at radius 2 is 1.57 bits per heavy atom. The van der Waals surface area contributed by atoms with Crippen molar-refractivity contribution in [3.8, 4) is 28.0 Å². The summed E-state index contributed by atoms with van der Waals surface area (Å²) in [7, 11) is 0. The second-order valence-corrected chi connectivity index (χ2v) is 8.76. The van der Waals surface area contributed by atoms with Crippen LogP contribution in [0, 0.1) is 12.8 Å². The summed E-state index contributed by atoms with van der Waals surface area (Å²) in [4.78, 5) is 11.5. The summed E-state index contributed by atoms with van der Waals surface area (Å²) < 4.78 is 11.0. The second kappa shape index (κ2) is 12.9. The first-order chi connectivity index (χ1) is 16.9. The number of carbonyl (C=O) groups is 1. The number of carbonyl (C=O) groups excluding carboxylic acids is 1. The Balaban J connectivity index is 1.68. The molecule has 0 aromatic heterocycles. The summed E-state index contributed by atoms with van der Waals surface area (Å²) in [6.07, 6.45) is 1.59. The van der Waals surface area contributed by atoms with E-state index >= 15 is 0 Å². The van der Waals surface area contributed by atoms with Gasteiger partial charge in [0.15, 0.2) is 0 Å². The van der Waals surface area contributed by atoms with Crippen LogP contribution in [0.3, 0.4) is 0 Å². The van der Waals surface area contributed by atoms with Gasteiger partial charge in [-0.15, -0.1) is 0 Å². The fraction of sp³-hybridized carbons (Fsp3) is 0.300. The molecule has 5 nitrogen and oxygen atoms in total. The molecule has 0 amide bonds. The van der Waals surface area contributed by atoms with Gasteiger partial charge in [0.05, 0.1) is 0 Å². The molecule has 0 saturated heterocycles. The maximum absolute atomic E-state index is 11.5. The SMILES string of the molecule is C=C(C)C(=O)OCCOc1ccccc1-c1ccc(-c2ccc(CCC(CO)CO)cc2C)cc1. The van der Waals surface area contributed by atoms with Gasteiger partial charge in [-0.3, -0.25) is 0 Å². The Morgan fingerprint density at radius 1 is 0.914 bits per heavy atom. The highest BCUT2D eigenvalue weighted by molar-refractivity contribution is 5.86. The van der Waals surface area contributed by atoms with E-state index in [4.69, 9.17) is 9.47 Å². The van der Waals surface area contributed by atoms with Crippen LogP contribution >= 0.6 is 0 Å². The van der Waals surface area contributed by atoms with Crippen LogP contribution in [0.4, 0.5) is 0 Å². The van der Waals surface area contributed by atoms with E-state index in [2.05, 4.69) is 56.0 Å². The molecule has 184 valence electrons. The number of rotatable bonds is 12. The Hall–Kier alpha value is -3.41. The van der Waals surface area contributed by atoms with Gasteiger partial charge in [-0.2, -0.15) is 0 Å². The van der Waals surface area contributed by atoms with Gasteiger partial charge in [0.1, 0.15) is 19.0 Å². The predicted octanol–water partition coefficient (Wildman–Crippen LogP) is 5.36. The van der Waals surface area contributed by atoms with E-state index in [0.29, 0.717) is 5.57 Å². The monoisotopic (exact) mass is 474 g/mol. The summed E-state index contributed by atoms with van der Waals surface area (Å²) in [6, 6.07) is 22.6. The number of hydrogen-bond acceptors (Lipinski definition) is 5. The minimum absolute atomic E-state index is 0.0105. The molecule has 5 heteroatoms. The molecule has 3 aromatic carbocycles. The molecule has 3 rings (SSSR count). The van der Waals surface area contributed by atoms with Gasteiger partial charge in [-0.25, -0.2) is 4.79 Å². The fourth-order valence-electron chi connectivity index (χ4n) is 3.89. The van der Waals surface area contributed by atoms with Gasteiger partial charge in [-0.1, -0.05) is 67.2 Å². The number of para-hydroxylation sites is 1. The Bertz CT molecular complexity index is 1130. The zero-order chi connectivity index (χ0) is 25.2. The van der Waals surface area contributed by atoms with Gasteiger partial charge in [0.2, 0.25) is 0 Å². The third kappa shape index (κ3) is 7.28. The number of hydrogen-bond donors (Lipinski definition) is 2. The van der Waals surface area contributed by atoms with Crippen molar-refractivity contribution in [2.45, 2.75) is 26.7 Å². The van der Waals surface area contributed by atoms with Crippen LogP contribution in [0.2, 0.25) is 0 Å². The highest BCUT2D eigenvalue weighted by Crippen LogP contribution is 2.32. The average Bonchev–Trinajstić information content (AvgIpc) is 2.87. The van der Waals surface area contributed by atoms with E-state index in [0.717, 1.165) is 35.3 Å². The first-order valence-electron chi connectivity index (χ1n) is 11.9. The third-order valence-electron chi connectivity index (χ3n) is 5.96. The van der Waals surface area contributed by atoms with Gasteiger partial charge >= 0.3 is 5.97 Å². The second-order valence-electron chi connectivity index (χ2n) is 8.76. The molecule has 0 unspecified atom stereocenters. The molecule has 0 fully saturated rings. The molecule has 0 atom stereocenters. The van der Waals surface area contributed by atoms with Crippen molar-refractivity contribution in [1.82, 2.24) is 0 Å². The lowest BCUT2D eigenvalue weighted by molar-refractivity contribution is -0.139. The van der Waals surface area contributed by atoms with Gasteiger partial charge in [0.25, 0.3) is 0 Å². The van der Waals surface area contributed by atoms with Crippen LogP contribution in [-0.4, -0.2) is 42.6 Å². The van der Waals surface area contributed by atoms with E-state index in [9.17, 15) is 15.0 Å². The van der Waals surface area contributed by atoms with Crippen molar-refractivity contribution < 1.29 is 24.5 Å². The number of aliphatic hydroxyl groups excluding tert-OH is 2. The van der Waals surface area contributed by atoms with Crippen LogP contribution < -0.4 is 4.74 Å². The number of benzene rings is 3. The quantitative estimate of drug-likeness (QED) is 0.210. The van der Waals surface area contributed by atoms with Crippen LogP contribution in [-0.2, 0) is 16.0 Å². The first kappa shape index (κ1) is 26.2. The summed E-state index contributed by atoms with van der Waals surface area (Å²) in [5.74, 6) is 0.247. The molecule has 0 aliphatic carbocycles. The van der Waals surface area contributed by atoms with Crippen molar-refractivity contribution in [1.29, 1.82) is 0 Å². The highest BCUT2D eigenvalue weighted by Gasteiger charge is 2.10. The van der Waals surface area contributed by atoms with Crippen LogP contribution in [0.1, 0.15) is 24.5 Å². The summed E-state index contributed by atoms with van der Waals surface area (Å²) in [6.45, 7) is 7.74. The number of esters is 1. The molecule has 2 N–H and O–H groups in total. The topological polar surface area (TPSA) is 76.0 Å². The normalized spacial score (nSPS) is 10.9. The zero-order valence-corrected chi connectivity index (χ0v) is 20.5. The minimum atomic E-state index is -0.416. The van der Waals surface area contributed by atoms with E-state index in [1.807, 2.05) is 24.3 Å². The number of ether oxygens (including phenoxy) is 2. The summed E-state index contributed by atoms with van der Waals surface area (Å²) in [5.41, 5.74) is 7.07. The van der Waals surface area contributed by atoms with E-state index < -0.39 is 5.97 Å². The predicted molar refractivity (Wildman–Crippen MR) is 139 cm³/mol. The Labute approximate surface area is 207 Å². The molecule has 3 aromatic rings. The standard InChI is InChI=1S/C30H34O5/c1-21(2)30(33)35-17-16-34-29-7-5-4-6-28(29)26-13-11-25(12-14-26)27-15-10-23(18-22(27)3)8-9-24(19-31)20-32/h4-7,10-15,18,24,31-32H,1,8-9,16-17,19-20H2,2-3H3. The summed E-state index contributed by atoms with van der Waals surface area (Å²) >= 11 is 0.